The molecular formula is C17H23FIN3OS. The summed E-state index contributed by atoms with van der Waals surface area (Å²) in [7, 11) is 1.76. The van der Waals surface area contributed by atoms with Crippen LogP contribution in [-0.2, 0) is 6.42 Å². The van der Waals surface area contributed by atoms with Gasteiger partial charge in [0.2, 0.25) is 0 Å². The Morgan fingerprint density at radius 2 is 1.92 bits per heavy atom. The van der Waals surface area contributed by atoms with Crippen LogP contribution in [0.3, 0.4) is 0 Å². The molecule has 0 saturated heterocycles. The van der Waals surface area contributed by atoms with E-state index in [1.807, 2.05) is 0 Å². The molecule has 0 bridgehead atoms. The minimum Gasteiger partial charge on any atom is -0.494 e. The van der Waals surface area contributed by atoms with Gasteiger partial charge in [0, 0.05) is 25.0 Å². The van der Waals surface area contributed by atoms with Gasteiger partial charge in [-0.1, -0.05) is 6.07 Å². The number of nitrogens with zero attached hydrogens (tertiary/aromatic N) is 1. The summed E-state index contributed by atoms with van der Waals surface area (Å²) in [5.41, 5.74) is 0. The van der Waals surface area contributed by atoms with E-state index < -0.39 is 0 Å². The summed E-state index contributed by atoms with van der Waals surface area (Å²) in [4.78, 5) is 5.55. The number of hydrogen-bond acceptors (Lipinski definition) is 3. The van der Waals surface area contributed by atoms with Crippen molar-refractivity contribution in [3.8, 4) is 5.75 Å². The Bertz CT molecular complexity index is 590. The molecule has 0 atom stereocenters. The number of halogens is 2. The van der Waals surface area contributed by atoms with Gasteiger partial charge in [-0.3, -0.25) is 4.99 Å². The fourth-order valence-electron chi connectivity index (χ4n) is 1.98. The highest BCUT2D eigenvalue weighted by Crippen LogP contribution is 2.11. The minimum atomic E-state index is -0.253. The van der Waals surface area contributed by atoms with Crippen molar-refractivity contribution in [2.45, 2.75) is 12.8 Å². The first kappa shape index (κ1) is 20.7. The van der Waals surface area contributed by atoms with Crippen LogP contribution in [0.25, 0.3) is 0 Å². The lowest BCUT2D eigenvalue weighted by molar-refractivity contribution is 0.310. The van der Waals surface area contributed by atoms with Crippen molar-refractivity contribution in [3.05, 3.63) is 52.5 Å². The quantitative estimate of drug-likeness (QED) is 0.272. The van der Waals surface area contributed by atoms with E-state index in [1.165, 1.54) is 17.0 Å². The predicted octanol–water partition coefficient (Wildman–Crippen LogP) is 3.68. The molecule has 1 aromatic heterocycles. The van der Waals surface area contributed by atoms with E-state index in [0.717, 1.165) is 31.9 Å². The molecule has 132 valence electrons. The lowest BCUT2D eigenvalue weighted by Gasteiger charge is -2.12. The molecule has 0 aliphatic heterocycles. The van der Waals surface area contributed by atoms with Gasteiger partial charge >= 0.3 is 0 Å². The summed E-state index contributed by atoms with van der Waals surface area (Å²) in [5.74, 6) is 1.23. The number of aliphatic imine (C=N–C) groups is 1. The summed E-state index contributed by atoms with van der Waals surface area (Å²) in [5, 5.41) is 8.62. The van der Waals surface area contributed by atoms with Gasteiger partial charge < -0.3 is 15.4 Å². The molecule has 0 aliphatic rings. The molecule has 0 unspecified atom stereocenters. The standard InChI is InChI=1S/C17H22FN3OS.HI/c1-19-17(21-11-9-16-4-2-13-23-16)20-10-3-12-22-15-7-5-14(18)6-8-15;/h2,4-8,13H,3,9-12H2,1H3,(H2,19,20,21);1H. The topological polar surface area (TPSA) is 45.7 Å². The molecule has 0 spiro atoms. The number of thiophene rings is 1. The van der Waals surface area contributed by atoms with Crippen LogP contribution < -0.4 is 15.4 Å². The number of rotatable bonds is 8. The van der Waals surface area contributed by atoms with E-state index in [-0.39, 0.29) is 29.8 Å². The Morgan fingerprint density at radius 1 is 1.17 bits per heavy atom. The second-order valence-electron chi connectivity index (χ2n) is 4.91. The van der Waals surface area contributed by atoms with Gasteiger partial charge in [0.1, 0.15) is 11.6 Å². The van der Waals surface area contributed by atoms with Gasteiger partial charge in [0.25, 0.3) is 0 Å². The second-order valence-corrected chi connectivity index (χ2v) is 5.94. The molecular weight excluding hydrogens is 440 g/mol. The Kier molecular flexibility index (Phi) is 10.4. The highest BCUT2D eigenvalue weighted by molar-refractivity contribution is 14.0. The smallest absolute Gasteiger partial charge is 0.190 e. The van der Waals surface area contributed by atoms with E-state index in [1.54, 1.807) is 30.5 Å². The molecule has 4 nitrogen and oxygen atoms in total. The number of nitrogens with one attached hydrogen (secondary N) is 2. The van der Waals surface area contributed by atoms with Gasteiger partial charge in [-0.15, -0.1) is 35.3 Å². The maximum atomic E-state index is 12.8. The highest BCUT2D eigenvalue weighted by atomic mass is 127. The molecule has 0 aliphatic carbocycles. The van der Waals surface area contributed by atoms with Gasteiger partial charge in [-0.25, -0.2) is 4.39 Å². The van der Waals surface area contributed by atoms with Crippen molar-refractivity contribution in [1.82, 2.24) is 10.6 Å². The van der Waals surface area contributed by atoms with Crippen LogP contribution >= 0.6 is 35.3 Å². The minimum absolute atomic E-state index is 0. The predicted molar refractivity (Wildman–Crippen MR) is 109 cm³/mol. The zero-order valence-corrected chi connectivity index (χ0v) is 16.8. The first-order chi connectivity index (χ1) is 11.3. The van der Waals surface area contributed by atoms with Crippen molar-refractivity contribution in [3.63, 3.8) is 0 Å². The molecule has 0 amide bonds. The van der Waals surface area contributed by atoms with Crippen molar-refractivity contribution in [2.75, 3.05) is 26.7 Å². The summed E-state index contributed by atoms with van der Waals surface area (Å²) in [6.45, 7) is 2.19. The van der Waals surface area contributed by atoms with E-state index >= 15 is 0 Å². The first-order valence-electron chi connectivity index (χ1n) is 7.63. The molecule has 0 saturated carbocycles. The molecule has 2 aromatic rings. The molecule has 24 heavy (non-hydrogen) atoms. The monoisotopic (exact) mass is 463 g/mol. The molecule has 1 heterocycles. The van der Waals surface area contributed by atoms with Crippen molar-refractivity contribution < 1.29 is 9.13 Å². The van der Waals surface area contributed by atoms with Crippen molar-refractivity contribution >= 4 is 41.3 Å². The number of benzene rings is 1. The Balaban J connectivity index is 0.00000288. The summed E-state index contributed by atoms with van der Waals surface area (Å²) in [6, 6.07) is 10.3. The molecule has 7 heteroatoms. The summed E-state index contributed by atoms with van der Waals surface area (Å²) < 4.78 is 18.3. The zero-order valence-electron chi connectivity index (χ0n) is 13.6. The molecule has 2 N–H and O–H groups in total. The fourth-order valence-corrected chi connectivity index (χ4v) is 2.69. The van der Waals surface area contributed by atoms with E-state index in [0.29, 0.717) is 12.4 Å². The number of hydrogen-bond donors (Lipinski definition) is 2. The van der Waals surface area contributed by atoms with Crippen LogP contribution in [0.4, 0.5) is 4.39 Å². The van der Waals surface area contributed by atoms with Crippen LogP contribution in [0.15, 0.2) is 46.8 Å². The third-order valence-electron chi connectivity index (χ3n) is 3.16. The third kappa shape index (κ3) is 7.96. The lowest BCUT2D eigenvalue weighted by atomic mass is 10.3. The Morgan fingerprint density at radius 3 is 2.58 bits per heavy atom. The van der Waals surface area contributed by atoms with Gasteiger partial charge in [-0.2, -0.15) is 0 Å². The van der Waals surface area contributed by atoms with Crippen molar-refractivity contribution in [1.29, 1.82) is 0 Å². The largest absolute Gasteiger partial charge is 0.494 e. The van der Waals surface area contributed by atoms with Crippen LogP contribution in [0.5, 0.6) is 5.75 Å². The number of ether oxygens (including phenoxy) is 1. The highest BCUT2D eigenvalue weighted by Gasteiger charge is 1.99. The lowest BCUT2D eigenvalue weighted by Crippen LogP contribution is -2.39. The van der Waals surface area contributed by atoms with Gasteiger partial charge in [0.05, 0.1) is 6.61 Å². The molecule has 1 aromatic carbocycles. The van der Waals surface area contributed by atoms with Gasteiger partial charge in [-0.05, 0) is 48.6 Å². The maximum absolute atomic E-state index is 12.8. The normalized spacial score (nSPS) is 10.8. The second kappa shape index (κ2) is 12.1. The Labute approximate surface area is 163 Å². The van der Waals surface area contributed by atoms with Crippen LogP contribution in [0.1, 0.15) is 11.3 Å². The molecule has 0 fully saturated rings. The zero-order chi connectivity index (χ0) is 16.3. The van der Waals surface area contributed by atoms with E-state index in [4.69, 9.17) is 4.74 Å². The first-order valence-corrected chi connectivity index (χ1v) is 8.51. The van der Waals surface area contributed by atoms with E-state index in [2.05, 4.69) is 33.1 Å². The van der Waals surface area contributed by atoms with Crippen LogP contribution in [0.2, 0.25) is 0 Å². The molecule has 2 rings (SSSR count). The van der Waals surface area contributed by atoms with E-state index in [9.17, 15) is 4.39 Å². The summed E-state index contributed by atoms with van der Waals surface area (Å²) >= 11 is 1.77. The van der Waals surface area contributed by atoms with Crippen LogP contribution in [-0.4, -0.2) is 32.7 Å². The third-order valence-corrected chi connectivity index (χ3v) is 4.10. The fraction of sp³-hybridized carbons (Fsp3) is 0.353. The summed E-state index contributed by atoms with van der Waals surface area (Å²) in [6.07, 6.45) is 1.83. The number of guanidine groups is 1. The average Bonchev–Trinajstić information content (AvgIpc) is 3.08. The Hall–Kier alpha value is -1.35. The molecule has 0 radical (unpaired) electrons. The SMILES string of the molecule is CN=C(NCCCOc1ccc(F)cc1)NCCc1cccs1.I. The average molecular weight is 463 g/mol. The maximum Gasteiger partial charge on any atom is 0.190 e. The van der Waals surface area contributed by atoms with Crippen molar-refractivity contribution in [2.24, 2.45) is 4.99 Å². The van der Waals surface area contributed by atoms with Gasteiger partial charge in [0.15, 0.2) is 5.96 Å². The van der Waals surface area contributed by atoms with Crippen LogP contribution in [0, 0.1) is 5.82 Å².